The van der Waals surface area contributed by atoms with Gasteiger partial charge in [0.1, 0.15) is 4.90 Å². The van der Waals surface area contributed by atoms with Gasteiger partial charge in [-0.15, -0.1) is 0 Å². The first-order valence-corrected chi connectivity index (χ1v) is 8.67. The summed E-state index contributed by atoms with van der Waals surface area (Å²) in [5.74, 6) is 0.391. The molecule has 0 saturated carbocycles. The first-order valence-electron chi connectivity index (χ1n) is 7.23. The summed E-state index contributed by atoms with van der Waals surface area (Å²) in [6.45, 7) is 6.35. The molecule has 1 atom stereocenters. The Bertz CT molecular complexity index is 628. The molecule has 6 heteroatoms. The van der Waals surface area contributed by atoms with Gasteiger partial charge in [-0.1, -0.05) is 0 Å². The normalized spacial score (nSPS) is 20.3. The van der Waals surface area contributed by atoms with Crippen molar-refractivity contribution in [3.63, 3.8) is 0 Å². The molecule has 1 aromatic carbocycles. The van der Waals surface area contributed by atoms with Crippen molar-refractivity contribution >= 4 is 15.7 Å². The molecular weight excluding hydrogens is 286 g/mol. The van der Waals surface area contributed by atoms with Crippen LogP contribution < -0.4 is 5.73 Å². The zero-order valence-electron chi connectivity index (χ0n) is 13.3. The van der Waals surface area contributed by atoms with Crippen LogP contribution in [0, 0.1) is 19.8 Å². The molecule has 2 rings (SSSR count). The molecule has 2 N–H and O–H groups in total. The van der Waals surface area contributed by atoms with Crippen molar-refractivity contribution in [1.82, 2.24) is 9.21 Å². The first kappa shape index (κ1) is 16.3. The lowest BCUT2D eigenvalue weighted by molar-refractivity contribution is 0.357. The van der Waals surface area contributed by atoms with Crippen LogP contribution in [0.5, 0.6) is 0 Å². The summed E-state index contributed by atoms with van der Waals surface area (Å²) in [5.41, 5.74) is 8.21. The number of aryl methyl sites for hydroxylation is 2. The number of sulfonamides is 1. The summed E-state index contributed by atoms with van der Waals surface area (Å²) in [7, 11) is 0.182. The lowest BCUT2D eigenvalue weighted by atomic mass is 10.1. The highest BCUT2D eigenvalue weighted by Gasteiger charge is 2.28. The second-order valence-electron chi connectivity index (χ2n) is 6.18. The van der Waals surface area contributed by atoms with E-state index in [4.69, 9.17) is 5.73 Å². The molecule has 0 bridgehead atoms. The van der Waals surface area contributed by atoms with Gasteiger partial charge in [0.25, 0.3) is 0 Å². The van der Waals surface area contributed by atoms with Crippen molar-refractivity contribution in [3.8, 4) is 0 Å². The van der Waals surface area contributed by atoms with E-state index in [1.807, 2.05) is 13.8 Å². The van der Waals surface area contributed by atoms with Crippen molar-refractivity contribution in [2.45, 2.75) is 25.2 Å². The quantitative estimate of drug-likeness (QED) is 0.855. The lowest BCUT2D eigenvalue weighted by Crippen LogP contribution is -2.33. The number of benzene rings is 1. The van der Waals surface area contributed by atoms with Crippen LogP contribution >= 0.6 is 0 Å². The van der Waals surface area contributed by atoms with E-state index in [2.05, 4.69) is 11.9 Å². The fourth-order valence-electron chi connectivity index (χ4n) is 2.84. The van der Waals surface area contributed by atoms with E-state index in [0.717, 1.165) is 30.6 Å². The van der Waals surface area contributed by atoms with Gasteiger partial charge >= 0.3 is 0 Å². The molecular formula is C15H25N3O2S. The maximum absolute atomic E-state index is 12.7. The Hall–Kier alpha value is -1.11. The minimum atomic E-state index is -3.52. The van der Waals surface area contributed by atoms with Crippen LogP contribution in [0.25, 0.3) is 0 Å². The van der Waals surface area contributed by atoms with Gasteiger partial charge in [-0.05, 0) is 63.0 Å². The number of likely N-dealkylation sites (tertiary alicyclic amines) is 1. The average molecular weight is 311 g/mol. The molecule has 118 valence electrons. The minimum absolute atomic E-state index is 0.222. The molecule has 5 nitrogen and oxygen atoms in total. The average Bonchev–Trinajstić information content (AvgIpc) is 2.79. The van der Waals surface area contributed by atoms with E-state index >= 15 is 0 Å². The number of hydrogen-bond acceptors (Lipinski definition) is 4. The molecule has 1 aromatic rings. The fourth-order valence-corrected chi connectivity index (χ4v) is 4.27. The molecule has 0 spiro atoms. The second-order valence-corrected chi connectivity index (χ2v) is 8.19. The number of nitrogens with zero attached hydrogens (tertiary/aromatic N) is 2. The lowest BCUT2D eigenvalue weighted by Gasteiger charge is -2.22. The molecule has 1 unspecified atom stereocenters. The summed E-state index contributed by atoms with van der Waals surface area (Å²) in [6, 6.07) is 3.41. The Morgan fingerprint density at radius 1 is 1.33 bits per heavy atom. The third kappa shape index (κ3) is 3.39. The van der Waals surface area contributed by atoms with E-state index in [1.165, 1.54) is 4.31 Å². The van der Waals surface area contributed by atoms with Crippen LogP contribution in [0.2, 0.25) is 0 Å². The number of nitrogen functional groups attached to an aromatic ring is 1. The van der Waals surface area contributed by atoms with Crippen molar-refractivity contribution in [2.24, 2.45) is 5.92 Å². The Morgan fingerprint density at radius 2 is 1.95 bits per heavy atom. The van der Waals surface area contributed by atoms with E-state index in [-0.39, 0.29) is 4.90 Å². The van der Waals surface area contributed by atoms with Crippen molar-refractivity contribution in [2.75, 3.05) is 39.5 Å². The topological polar surface area (TPSA) is 66.6 Å². The maximum atomic E-state index is 12.7. The summed E-state index contributed by atoms with van der Waals surface area (Å²) in [4.78, 5) is 2.45. The second kappa shape index (κ2) is 5.94. The minimum Gasteiger partial charge on any atom is -0.398 e. The van der Waals surface area contributed by atoms with Gasteiger partial charge in [-0.3, -0.25) is 0 Å². The molecule has 0 aromatic heterocycles. The smallest absolute Gasteiger partial charge is 0.244 e. The first-order chi connectivity index (χ1) is 9.71. The standard InChI is InChI=1S/C15H25N3O2S/c1-11-7-14(16)15(8-12(11)2)21(19,20)18(4)10-13-5-6-17(3)9-13/h7-8,13H,5-6,9-10,16H2,1-4H3. The van der Waals surface area contributed by atoms with E-state index < -0.39 is 10.0 Å². The number of rotatable bonds is 4. The summed E-state index contributed by atoms with van der Waals surface area (Å²) in [5, 5.41) is 0. The molecule has 1 aliphatic heterocycles. The van der Waals surface area contributed by atoms with Crippen LogP contribution in [0.3, 0.4) is 0 Å². The molecule has 1 fully saturated rings. The Balaban J connectivity index is 2.23. The van der Waals surface area contributed by atoms with Crippen molar-refractivity contribution < 1.29 is 8.42 Å². The largest absolute Gasteiger partial charge is 0.398 e. The van der Waals surface area contributed by atoms with Crippen LogP contribution in [0.1, 0.15) is 17.5 Å². The van der Waals surface area contributed by atoms with E-state index in [9.17, 15) is 8.42 Å². The highest BCUT2D eigenvalue weighted by molar-refractivity contribution is 7.89. The number of nitrogens with two attached hydrogens (primary N) is 1. The third-order valence-electron chi connectivity index (χ3n) is 4.32. The van der Waals surface area contributed by atoms with Crippen LogP contribution in [0.15, 0.2) is 17.0 Å². The summed E-state index contributed by atoms with van der Waals surface area (Å²) < 4.78 is 26.9. The van der Waals surface area contributed by atoms with Gasteiger partial charge in [0, 0.05) is 20.1 Å². The predicted molar refractivity (Wildman–Crippen MR) is 85.7 cm³/mol. The molecule has 1 aliphatic rings. The van der Waals surface area contributed by atoms with Crippen molar-refractivity contribution in [3.05, 3.63) is 23.3 Å². The van der Waals surface area contributed by atoms with Crippen molar-refractivity contribution in [1.29, 1.82) is 0 Å². The Labute approximate surface area is 127 Å². The zero-order chi connectivity index (χ0) is 15.8. The zero-order valence-corrected chi connectivity index (χ0v) is 14.1. The molecule has 1 heterocycles. The monoisotopic (exact) mass is 311 g/mol. The van der Waals surface area contributed by atoms with Crippen LogP contribution in [0.4, 0.5) is 5.69 Å². The highest BCUT2D eigenvalue weighted by atomic mass is 32.2. The van der Waals surface area contributed by atoms with E-state index in [0.29, 0.717) is 18.2 Å². The molecule has 1 saturated heterocycles. The van der Waals surface area contributed by atoms with Gasteiger partial charge < -0.3 is 10.6 Å². The Kier molecular flexibility index (Phi) is 4.60. The molecule has 0 aliphatic carbocycles. The fraction of sp³-hybridized carbons (Fsp3) is 0.600. The third-order valence-corrected chi connectivity index (χ3v) is 6.20. The van der Waals surface area contributed by atoms with Gasteiger partial charge in [0.15, 0.2) is 0 Å². The van der Waals surface area contributed by atoms with Crippen LogP contribution in [-0.2, 0) is 10.0 Å². The Morgan fingerprint density at radius 3 is 2.52 bits per heavy atom. The molecule has 0 amide bonds. The van der Waals surface area contributed by atoms with Gasteiger partial charge in [-0.25, -0.2) is 12.7 Å². The van der Waals surface area contributed by atoms with Gasteiger partial charge in [-0.2, -0.15) is 0 Å². The summed E-state index contributed by atoms with van der Waals surface area (Å²) in [6.07, 6.45) is 1.04. The molecule has 0 radical (unpaired) electrons. The van der Waals surface area contributed by atoms with Gasteiger partial charge in [0.05, 0.1) is 5.69 Å². The van der Waals surface area contributed by atoms with Gasteiger partial charge in [0.2, 0.25) is 10.0 Å². The maximum Gasteiger partial charge on any atom is 0.244 e. The summed E-state index contributed by atoms with van der Waals surface area (Å²) >= 11 is 0. The van der Waals surface area contributed by atoms with E-state index in [1.54, 1.807) is 19.2 Å². The highest BCUT2D eigenvalue weighted by Crippen LogP contribution is 2.26. The van der Waals surface area contributed by atoms with Crippen LogP contribution in [-0.4, -0.2) is 51.4 Å². The number of anilines is 1. The SMILES string of the molecule is Cc1cc(N)c(S(=O)(=O)N(C)CC2CCN(C)C2)cc1C. The molecule has 21 heavy (non-hydrogen) atoms. The number of hydrogen-bond donors (Lipinski definition) is 1. The predicted octanol–water partition coefficient (Wildman–Crippen LogP) is 1.46.